The number of nitrogens with zero attached hydrogens (tertiary/aromatic N) is 5. The predicted molar refractivity (Wildman–Crippen MR) is 106 cm³/mol. The molecule has 1 saturated heterocycles. The number of carbonyl (C=O) groups excluding carboxylic acids is 1. The summed E-state index contributed by atoms with van der Waals surface area (Å²) in [4.78, 5) is 19.7. The average molecular weight is 399 g/mol. The van der Waals surface area contributed by atoms with Crippen LogP contribution >= 0.6 is 11.3 Å². The smallest absolute Gasteiger partial charge is 0.251 e. The number of morpholine rings is 1. The van der Waals surface area contributed by atoms with E-state index in [1.807, 2.05) is 18.2 Å². The number of nitrogens with one attached hydrogen (secondary N) is 1. The summed E-state index contributed by atoms with van der Waals surface area (Å²) in [6, 6.07) is 7.55. The summed E-state index contributed by atoms with van der Waals surface area (Å²) in [6.07, 6.45) is 1.79. The summed E-state index contributed by atoms with van der Waals surface area (Å²) < 4.78 is 7.00. The number of hydrogen-bond acceptors (Lipinski definition) is 8. The number of amides is 1. The van der Waals surface area contributed by atoms with Crippen molar-refractivity contribution in [1.82, 2.24) is 24.9 Å². The number of nitrogens with two attached hydrogens (primary N) is 1. The zero-order valence-corrected chi connectivity index (χ0v) is 16.3. The molecular weight excluding hydrogens is 378 g/mol. The third kappa shape index (κ3) is 4.19. The Morgan fingerprint density at radius 1 is 1.36 bits per heavy atom. The number of primary amides is 1. The van der Waals surface area contributed by atoms with Crippen LogP contribution in [0.25, 0.3) is 10.6 Å². The number of aryl methyl sites for hydroxylation is 1. The summed E-state index contributed by atoms with van der Waals surface area (Å²) >= 11 is 1.40. The number of aromatic nitrogens is 4. The first kappa shape index (κ1) is 18.5. The van der Waals surface area contributed by atoms with Gasteiger partial charge in [-0.15, -0.1) is 16.4 Å². The molecule has 0 bridgehead atoms. The molecule has 10 heteroatoms. The third-order valence-corrected chi connectivity index (χ3v) is 5.46. The normalized spacial score (nSPS) is 14.9. The molecule has 3 aromatic rings. The second-order valence-corrected chi connectivity index (χ2v) is 7.58. The van der Waals surface area contributed by atoms with Gasteiger partial charge < -0.3 is 15.8 Å². The Balaban J connectivity index is 1.55. The van der Waals surface area contributed by atoms with Crippen LogP contribution in [-0.4, -0.2) is 57.1 Å². The lowest BCUT2D eigenvalue weighted by Gasteiger charge is -2.26. The minimum absolute atomic E-state index is 0.408. The maximum atomic E-state index is 11.9. The molecule has 0 spiro atoms. The second kappa shape index (κ2) is 8.05. The maximum Gasteiger partial charge on any atom is 0.251 e. The molecule has 0 atom stereocenters. The van der Waals surface area contributed by atoms with E-state index in [9.17, 15) is 4.79 Å². The van der Waals surface area contributed by atoms with Gasteiger partial charge in [-0.2, -0.15) is 0 Å². The van der Waals surface area contributed by atoms with Crippen molar-refractivity contribution in [3.63, 3.8) is 0 Å². The van der Waals surface area contributed by atoms with Crippen molar-refractivity contribution in [2.45, 2.75) is 6.54 Å². The first-order valence-electron chi connectivity index (χ1n) is 8.92. The summed E-state index contributed by atoms with van der Waals surface area (Å²) in [5.41, 5.74) is 7.62. The fraction of sp³-hybridized carbons (Fsp3) is 0.333. The van der Waals surface area contributed by atoms with Crippen molar-refractivity contribution in [3.05, 3.63) is 41.7 Å². The van der Waals surface area contributed by atoms with E-state index in [1.165, 1.54) is 11.3 Å². The molecule has 0 unspecified atom stereocenters. The number of pyridine rings is 1. The van der Waals surface area contributed by atoms with Gasteiger partial charge in [-0.3, -0.25) is 14.4 Å². The van der Waals surface area contributed by atoms with E-state index in [4.69, 9.17) is 10.5 Å². The zero-order valence-electron chi connectivity index (χ0n) is 15.5. The summed E-state index contributed by atoms with van der Waals surface area (Å²) in [5.74, 6) is 0.166. The molecule has 4 rings (SSSR count). The van der Waals surface area contributed by atoms with Gasteiger partial charge in [0.25, 0.3) is 5.91 Å². The van der Waals surface area contributed by atoms with Gasteiger partial charge in [0, 0.05) is 26.7 Å². The summed E-state index contributed by atoms with van der Waals surface area (Å²) in [6.45, 7) is 4.06. The molecule has 0 aliphatic carbocycles. The second-order valence-electron chi connectivity index (χ2n) is 6.52. The number of carbonyl (C=O) groups is 1. The Morgan fingerprint density at radius 2 is 2.18 bits per heavy atom. The van der Waals surface area contributed by atoms with Crippen molar-refractivity contribution in [1.29, 1.82) is 0 Å². The lowest BCUT2D eigenvalue weighted by Crippen LogP contribution is -2.35. The Kier molecular flexibility index (Phi) is 5.33. The Morgan fingerprint density at radius 3 is 2.89 bits per heavy atom. The molecule has 9 nitrogen and oxygen atoms in total. The van der Waals surface area contributed by atoms with Crippen LogP contribution in [0.4, 0.5) is 10.8 Å². The van der Waals surface area contributed by atoms with Crippen LogP contribution in [0.2, 0.25) is 0 Å². The fourth-order valence-corrected chi connectivity index (χ4v) is 4.02. The number of ether oxygens (including phenoxy) is 1. The van der Waals surface area contributed by atoms with Crippen molar-refractivity contribution in [3.8, 4) is 10.6 Å². The monoisotopic (exact) mass is 399 g/mol. The van der Waals surface area contributed by atoms with E-state index in [2.05, 4.69) is 25.5 Å². The van der Waals surface area contributed by atoms with Crippen LogP contribution in [-0.2, 0) is 18.3 Å². The van der Waals surface area contributed by atoms with E-state index in [1.54, 1.807) is 24.0 Å². The molecule has 3 aromatic heterocycles. The quantitative estimate of drug-likeness (QED) is 0.648. The molecule has 0 aromatic carbocycles. The Bertz CT molecular complexity index is 978. The van der Waals surface area contributed by atoms with Crippen molar-refractivity contribution >= 4 is 28.1 Å². The van der Waals surface area contributed by atoms with Gasteiger partial charge in [0.05, 0.1) is 35.5 Å². The third-order valence-electron chi connectivity index (χ3n) is 4.39. The summed E-state index contributed by atoms with van der Waals surface area (Å²) in [5, 5.41) is 11.9. The molecule has 146 valence electrons. The van der Waals surface area contributed by atoms with Crippen LogP contribution < -0.4 is 11.1 Å². The highest BCUT2D eigenvalue weighted by molar-refractivity contribution is 7.19. The van der Waals surface area contributed by atoms with Gasteiger partial charge in [0.1, 0.15) is 16.5 Å². The van der Waals surface area contributed by atoms with Gasteiger partial charge in [-0.25, -0.2) is 4.98 Å². The number of hydrogen-bond donors (Lipinski definition) is 2. The van der Waals surface area contributed by atoms with Gasteiger partial charge in [0.2, 0.25) is 0 Å². The van der Waals surface area contributed by atoms with Crippen LogP contribution in [0.5, 0.6) is 0 Å². The van der Waals surface area contributed by atoms with Crippen molar-refractivity contribution in [2.24, 2.45) is 12.8 Å². The largest absolute Gasteiger partial charge is 0.379 e. The van der Waals surface area contributed by atoms with Gasteiger partial charge >= 0.3 is 0 Å². The first-order valence-corrected chi connectivity index (χ1v) is 9.73. The number of anilines is 2. The van der Waals surface area contributed by atoms with Crippen LogP contribution in [0.1, 0.15) is 16.1 Å². The number of thiophene rings is 1. The van der Waals surface area contributed by atoms with Gasteiger partial charge in [0.15, 0.2) is 0 Å². The molecule has 4 heterocycles. The summed E-state index contributed by atoms with van der Waals surface area (Å²) in [7, 11) is 1.79. The van der Waals surface area contributed by atoms with Crippen LogP contribution in [0, 0.1) is 0 Å². The van der Waals surface area contributed by atoms with Crippen molar-refractivity contribution < 1.29 is 9.53 Å². The Hall–Kier alpha value is -2.82. The van der Waals surface area contributed by atoms with Crippen LogP contribution in [0.3, 0.4) is 0 Å². The maximum absolute atomic E-state index is 11.9. The lowest BCUT2D eigenvalue weighted by atomic mass is 10.2. The predicted octanol–water partition coefficient (Wildman–Crippen LogP) is 1.61. The molecule has 1 aliphatic rings. The number of rotatable bonds is 6. The highest BCUT2D eigenvalue weighted by Crippen LogP contribution is 2.35. The molecule has 1 fully saturated rings. The van der Waals surface area contributed by atoms with Crippen molar-refractivity contribution in [2.75, 3.05) is 31.6 Å². The highest BCUT2D eigenvalue weighted by Gasteiger charge is 2.17. The molecule has 3 N–H and O–H groups in total. The molecule has 0 radical (unpaired) electrons. The fourth-order valence-electron chi connectivity index (χ4n) is 3.00. The standard InChI is InChI=1S/C18H21N7O2S/c1-24-11-14(22-23-24)15-9-13(17(19)26)18(28-15)21-16-4-2-3-12(20-16)10-25-5-7-27-8-6-25/h2-4,9,11H,5-8,10H2,1H3,(H2,19,26)(H,20,21). The zero-order chi connectivity index (χ0) is 19.5. The molecule has 1 amide bonds. The molecular formula is C18H21N7O2S. The highest BCUT2D eigenvalue weighted by atomic mass is 32.1. The van der Waals surface area contributed by atoms with Crippen LogP contribution in [0.15, 0.2) is 30.5 Å². The lowest BCUT2D eigenvalue weighted by molar-refractivity contribution is 0.0337. The van der Waals surface area contributed by atoms with E-state index < -0.39 is 5.91 Å². The molecule has 28 heavy (non-hydrogen) atoms. The van der Waals surface area contributed by atoms with E-state index in [-0.39, 0.29) is 0 Å². The molecule has 0 saturated carbocycles. The minimum Gasteiger partial charge on any atom is -0.379 e. The molecule has 1 aliphatic heterocycles. The topological polar surface area (TPSA) is 111 Å². The van der Waals surface area contributed by atoms with E-state index in [0.29, 0.717) is 22.1 Å². The minimum atomic E-state index is -0.502. The SMILES string of the molecule is Cn1cc(-c2cc(C(N)=O)c(Nc3cccc(CN4CCOCC4)n3)s2)nn1. The van der Waals surface area contributed by atoms with Gasteiger partial charge in [-0.1, -0.05) is 11.3 Å². The average Bonchev–Trinajstić information content (AvgIpc) is 3.29. The van der Waals surface area contributed by atoms with E-state index in [0.717, 1.165) is 43.4 Å². The van der Waals surface area contributed by atoms with E-state index >= 15 is 0 Å². The first-order chi connectivity index (χ1) is 13.6. The Labute approximate surface area is 166 Å². The van der Waals surface area contributed by atoms with Gasteiger partial charge in [-0.05, 0) is 18.2 Å².